The van der Waals surface area contributed by atoms with Crippen molar-refractivity contribution in [3.05, 3.63) is 90.5 Å². The Hall–Kier alpha value is -2.15. The van der Waals surface area contributed by atoms with Crippen LogP contribution in [-0.4, -0.2) is 12.6 Å². The summed E-state index contributed by atoms with van der Waals surface area (Å²) in [5.74, 6) is -0.239. The van der Waals surface area contributed by atoms with Gasteiger partial charge in [0, 0.05) is 0 Å². The first-order valence-corrected chi connectivity index (χ1v) is 9.82. The number of ether oxygens (including phenoxy) is 1. The Kier molecular flexibility index (Phi) is 7.84. The molecule has 0 radical (unpaired) electrons. The van der Waals surface area contributed by atoms with E-state index in [0.29, 0.717) is 12.2 Å². The summed E-state index contributed by atoms with van der Waals surface area (Å²) < 4.78 is 5.41. The van der Waals surface area contributed by atoms with E-state index in [1.54, 1.807) is 0 Å². The van der Waals surface area contributed by atoms with Crippen LogP contribution in [0, 0.1) is 0 Å². The van der Waals surface area contributed by atoms with Gasteiger partial charge in [-0.15, -0.1) is 12.4 Å². The van der Waals surface area contributed by atoms with Gasteiger partial charge in [0.25, 0.3) is 0 Å². The minimum atomic E-state index is -0.815. The highest BCUT2D eigenvalue weighted by Crippen LogP contribution is 2.34. The molecule has 2 nitrogen and oxygen atoms in total. The first-order valence-electron chi connectivity index (χ1n) is 8.47. The van der Waals surface area contributed by atoms with Crippen molar-refractivity contribution in [2.75, 3.05) is 6.61 Å². The summed E-state index contributed by atoms with van der Waals surface area (Å²) in [5.41, 5.74) is 0.662. The van der Waals surface area contributed by atoms with Gasteiger partial charge < -0.3 is 4.74 Å². The summed E-state index contributed by atoms with van der Waals surface area (Å²) in [4.78, 5) is 12.6. The molecule has 3 aromatic rings. The van der Waals surface area contributed by atoms with E-state index in [1.165, 1.54) is 10.6 Å². The fourth-order valence-corrected chi connectivity index (χ4v) is 5.13. The first-order chi connectivity index (χ1) is 12.3. The van der Waals surface area contributed by atoms with Gasteiger partial charge in [-0.1, -0.05) is 85.8 Å². The van der Waals surface area contributed by atoms with Crippen LogP contribution < -0.4 is 15.9 Å². The molecule has 0 spiro atoms. The molecule has 134 valence electrons. The lowest BCUT2D eigenvalue weighted by Crippen LogP contribution is -2.26. The number of hydrogen-bond acceptors (Lipinski definition) is 2. The molecule has 0 unspecified atom stereocenters. The Balaban J connectivity index is 0.00000243. The number of carbonyl (C=O) groups is 1. The zero-order chi connectivity index (χ0) is 17.5. The molecular formula is C22H22ClO2P. The Labute approximate surface area is 162 Å². The molecule has 0 amide bonds. The van der Waals surface area contributed by atoms with E-state index in [2.05, 4.69) is 24.3 Å². The van der Waals surface area contributed by atoms with Crippen LogP contribution in [0.2, 0.25) is 0 Å². The molecule has 0 bridgehead atoms. The fraction of sp³-hybridized carbons (Fsp3) is 0.136. The van der Waals surface area contributed by atoms with E-state index in [1.807, 2.05) is 67.6 Å². The van der Waals surface area contributed by atoms with Gasteiger partial charge in [-0.05, 0) is 36.3 Å². The van der Waals surface area contributed by atoms with Gasteiger partial charge in [0.15, 0.2) is 0 Å². The summed E-state index contributed by atoms with van der Waals surface area (Å²) in [6, 6.07) is 28.6. The number of carbonyl (C=O) groups excluding carboxylic acids is 1. The molecule has 0 saturated heterocycles. The van der Waals surface area contributed by atoms with Gasteiger partial charge in [-0.2, -0.15) is 0 Å². The average molecular weight is 385 g/mol. The van der Waals surface area contributed by atoms with Crippen molar-refractivity contribution in [3.8, 4) is 0 Å². The largest absolute Gasteiger partial charge is 0.462 e. The third kappa shape index (κ3) is 4.72. The zero-order valence-corrected chi connectivity index (χ0v) is 16.4. The molecule has 0 N–H and O–H groups in total. The maximum atomic E-state index is 12.6. The fourth-order valence-electron chi connectivity index (χ4n) is 2.70. The topological polar surface area (TPSA) is 26.3 Å². The molecule has 0 atom stereocenters. The molecule has 0 saturated carbocycles. The van der Waals surface area contributed by atoms with E-state index in [0.717, 1.165) is 11.7 Å². The van der Waals surface area contributed by atoms with Crippen LogP contribution in [0.5, 0.6) is 0 Å². The number of esters is 1. The van der Waals surface area contributed by atoms with E-state index < -0.39 is 7.92 Å². The van der Waals surface area contributed by atoms with E-state index in [9.17, 15) is 4.79 Å². The molecule has 0 fully saturated rings. The van der Waals surface area contributed by atoms with E-state index >= 15 is 0 Å². The van der Waals surface area contributed by atoms with Crippen molar-refractivity contribution in [2.24, 2.45) is 0 Å². The Morgan fingerprint density at radius 1 is 0.808 bits per heavy atom. The molecule has 0 aromatic heterocycles. The van der Waals surface area contributed by atoms with Crippen LogP contribution in [0.4, 0.5) is 0 Å². The van der Waals surface area contributed by atoms with Gasteiger partial charge in [-0.25, -0.2) is 4.79 Å². The number of rotatable bonds is 6. The zero-order valence-electron chi connectivity index (χ0n) is 14.7. The van der Waals surface area contributed by atoms with Gasteiger partial charge in [-0.3, -0.25) is 0 Å². The van der Waals surface area contributed by atoms with Crippen LogP contribution in [0.3, 0.4) is 0 Å². The molecule has 0 aliphatic heterocycles. The third-order valence-corrected chi connectivity index (χ3v) is 6.33. The van der Waals surface area contributed by atoms with Gasteiger partial charge >= 0.3 is 5.97 Å². The van der Waals surface area contributed by atoms with E-state index in [-0.39, 0.29) is 18.4 Å². The molecule has 3 rings (SSSR count). The monoisotopic (exact) mass is 384 g/mol. The van der Waals surface area contributed by atoms with Gasteiger partial charge in [0.1, 0.15) is 0 Å². The molecule has 0 aliphatic carbocycles. The molecule has 0 aliphatic rings. The van der Waals surface area contributed by atoms with Crippen molar-refractivity contribution in [1.29, 1.82) is 0 Å². The summed E-state index contributed by atoms with van der Waals surface area (Å²) in [5, 5.41) is 3.48. The summed E-state index contributed by atoms with van der Waals surface area (Å²) in [6.45, 7) is 2.45. The SMILES string of the molecule is CCCOC(=O)c1ccccc1P(c1ccccc1)c1ccccc1.Cl. The second kappa shape index (κ2) is 10.1. The highest BCUT2D eigenvalue weighted by Gasteiger charge is 2.22. The highest BCUT2D eigenvalue weighted by atomic mass is 35.5. The van der Waals surface area contributed by atoms with Crippen molar-refractivity contribution in [3.63, 3.8) is 0 Å². The maximum absolute atomic E-state index is 12.6. The Morgan fingerprint density at radius 3 is 1.85 bits per heavy atom. The second-order valence-corrected chi connectivity index (χ2v) is 7.84. The lowest BCUT2D eigenvalue weighted by atomic mass is 10.2. The normalized spacial score (nSPS) is 10.2. The molecule has 0 heterocycles. The first kappa shape index (κ1) is 20.2. The standard InChI is InChI=1S/C22H21O2P.ClH/c1-2-17-24-22(23)20-15-9-10-16-21(20)25(18-11-5-3-6-12-18)19-13-7-4-8-14-19;/h3-16H,2,17H2,1H3;1H. The van der Waals surface area contributed by atoms with Crippen molar-refractivity contribution in [1.82, 2.24) is 0 Å². The molecular weight excluding hydrogens is 363 g/mol. The molecule has 26 heavy (non-hydrogen) atoms. The number of benzene rings is 3. The van der Waals surface area contributed by atoms with Crippen LogP contribution in [0.25, 0.3) is 0 Å². The van der Waals surface area contributed by atoms with Gasteiger partial charge in [0.2, 0.25) is 0 Å². The summed E-state index contributed by atoms with van der Waals surface area (Å²) >= 11 is 0. The smallest absolute Gasteiger partial charge is 0.338 e. The van der Waals surface area contributed by atoms with Crippen LogP contribution in [0.1, 0.15) is 23.7 Å². The van der Waals surface area contributed by atoms with Crippen LogP contribution >= 0.6 is 20.3 Å². The predicted octanol–water partition coefficient (Wildman–Crippen LogP) is 4.43. The maximum Gasteiger partial charge on any atom is 0.338 e. The Morgan fingerprint density at radius 2 is 1.31 bits per heavy atom. The lowest BCUT2D eigenvalue weighted by molar-refractivity contribution is 0.0507. The molecule has 4 heteroatoms. The molecule has 3 aromatic carbocycles. The number of halogens is 1. The second-order valence-electron chi connectivity index (χ2n) is 5.66. The average Bonchev–Trinajstić information content (AvgIpc) is 2.68. The van der Waals surface area contributed by atoms with Crippen LogP contribution in [-0.2, 0) is 4.74 Å². The van der Waals surface area contributed by atoms with Gasteiger partial charge in [0.05, 0.1) is 12.2 Å². The van der Waals surface area contributed by atoms with E-state index in [4.69, 9.17) is 4.74 Å². The highest BCUT2D eigenvalue weighted by molar-refractivity contribution is 7.80. The quantitative estimate of drug-likeness (QED) is 0.464. The Bertz CT molecular complexity index is 782. The van der Waals surface area contributed by atoms with Crippen LogP contribution in [0.15, 0.2) is 84.9 Å². The third-order valence-electron chi connectivity index (χ3n) is 3.83. The van der Waals surface area contributed by atoms with Crippen molar-refractivity contribution >= 4 is 42.2 Å². The predicted molar refractivity (Wildman–Crippen MR) is 113 cm³/mol. The summed E-state index contributed by atoms with van der Waals surface area (Å²) in [6.07, 6.45) is 0.819. The minimum Gasteiger partial charge on any atom is -0.462 e. The van der Waals surface area contributed by atoms with Crippen molar-refractivity contribution in [2.45, 2.75) is 13.3 Å². The minimum absolute atomic E-state index is 0. The summed E-state index contributed by atoms with van der Waals surface area (Å²) in [7, 11) is -0.815. The van der Waals surface area contributed by atoms with Crippen molar-refractivity contribution < 1.29 is 9.53 Å². The lowest BCUT2D eigenvalue weighted by Gasteiger charge is -2.21. The number of hydrogen-bond donors (Lipinski definition) is 0.